The summed E-state index contributed by atoms with van der Waals surface area (Å²) in [5.41, 5.74) is 1.01. The fourth-order valence-corrected chi connectivity index (χ4v) is 2.77. The van der Waals surface area contributed by atoms with E-state index in [1.54, 1.807) is 54.5 Å². The van der Waals surface area contributed by atoms with Crippen molar-refractivity contribution < 1.29 is 12.6 Å². The minimum absolute atomic E-state index is 0.176. The van der Waals surface area contributed by atoms with Gasteiger partial charge < -0.3 is 4.57 Å². The molecule has 1 heterocycles. The largest absolute Gasteiger partial charge is 0.335 e. The molecule has 0 saturated heterocycles. The quantitative estimate of drug-likeness (QED) is 0.786. The summed E-state index contributed by atoms with van der Waals surface area (Å²) in [5.74, 6) is 0. The Morgan fingerprint density at radius 2 is 2.00 bits per heavy atom. The molecular formula is C13H16N2O3S. The second-order valence-electron chi connectivity index (χ2n) is 4.43. The van der Waals surface area contributed by atoms with Gasteiger partial charge in [-0.05, 0) is 26.0 Å². The fraction of sp³-hybridized carbons (Fsp3) is 0.308. The Balaban J connectivity index is 2.06. The van der Waals surface area contributed by atoms with Crippen LogP contribution in [0, 0.1) is 6.92 Å². The second kappa shape index (κ2) is 5.54. The summed E-state index contributed by atoms with van der Waals surface area (Å²) in [7, 11) is -3.71. The first-order chi connectivity index (χ1) is 8.97. The minimum Gasteiger partial charge on any atom is -0.335 e. The molecule has 0 amide bonds. The van der Waals surface area contributed by atoms with Crippen molar-refractivity contribution in [1.29, 1.82) is 0 Å². The molecule has 2 aromatic rings. The molecular weight excluding hydrogens is 264 g/mol. The second-order valence-corrected chi connectivity index (χ2v) is 6.01. The summed E-state index contributed by atoms with van der Waals surface area (Å²) >= 11 is 0. The zero-order chi connectivity index (χ0) is 13.9. The van der Waals surface area contributed by atoms with E-state index in [0.29, 0.717) is 6.54 Å². The van der Waals surface area contributed by atoms with Crippen LogP contribution in [0.25, 0.3) is 0 Å². The standard InChI is InChI=1S/C13H16N2O3S/c1-11-3-5-13(6-4-11)19(16,17)18-12(2)9-15-8-7-14-10-15/h3-8,10,12H,9H2,1-2H3. The van der Waals surface area contributed by atoms with Crippen LogP contribution in [0.15, 0.2) is 47.9 Å². The maximum absolute atomic E-state index is 12.0. The van der Waals surface area contributed by atoms with Crippen molar-refractivity contribution in [3.8, 4) is 0 Å². The lowest BCUT2D eigenvalue weighted by Crippen LogP contribution is -2.20. The van der Waals surface area contributed by atoms with Crippen molar-refractivity contribution in [2.75, 3.05) is 0 Å². The van der Waals surface area contributed by atoms with Crippen molar-refractivity contribution in [1.82, 2.24) is 9.55 Å². The molecule has 1 aromatic heterocycles. The molecule has 0 fully saturated rings. The van der Waals surface area contributed by atoms with Crippen molar-refractivity contribution in [3.63, 3.8) is 0 Å². The highest BCUT2D eigenvalue weighted by atomic mass is 32.2. The zero-order valence-electron chi connectivity index (χ0n) is 10.9. The number of hydrogen-bond acceptors (Lipinski definition) is 4. The number of benzene rings is 1. The lowest BCUT2D eigenvalue weighted by Gasteiger charge is -2.13. The van der Waals surface area contributed by atoms with Crippen molar-refractivity contribution in [3.05, 3.63) is 48.5 Å². The van der Waals surface area contributed by atoms with Crippen LogP contribution in [0.3, 0.4) is 0 Å². The highest BCUT2D eigenvalue weighted by Gasteiger charge is 2.19. The SMILES string of the molecule is Cc1ccc(S(=O)(=O)OC(C)Cn2ccnc2)cc1. The smallest absolute Gasteiger partial charge is 0.297 e. The first-order valence-corrected chi connectivity index (χ1v) is 7.34. The van der Waals surface area contributed by atoms with E-state index >= 15 is 0 Å². The average molecular weight is 280 g/mol. The number of aryl methyl sites for hydroxylation is 1. The van der Waals surface area contributed by atoms with Gasteiger partial charge in [-0.2, -0.15) is 8.42 Å². The number of nitrogens with zero attached hydrogens (tertiary/aromatic N) is 2. The lowest BCUT2D eigenvalue weighted by atomic mass is 10.2. The third-order valence-electron chi connectivity index (χ3n) is 2.63. The molecule has 0 spiro atoms. The Bertz CT molecular complexity index is 618. The highest BCUT2D eigenvalue weighted by Crippen LogP contribution is 2.15. The van der Waals surface area contributed by atoms with Gasteiger partial charge in [0.2, 0.25) is 0 Å². The fourth-order valence-electron chi connectivity index (χ4n) is 1.70. The molecule has 6 heteroatoms. The van der Waals surface area contributed by atoms with Crippen molar-refractivity contribution in [2.45, 2.75) is 31.4 Å². The first kappa shape index (κ1) is 13.8. The Labute approximate surface area is 113 Å². The van der Waals surface area contributed by atoms with E-state index in [0.717, 1.165) is 5.56 Å². The molecule has 0 N–H and O–H groups in total. The predicted molar refractivity (Wildman–Crippen MR) is 71.1 cm³/mol. The van der Waals surface area contributed by atoms with E-state index in [1.165, 1.54) is 0 Å². The van der Waals surface area contributed by atoms with Crippen LogP contribution in [-0.4, -0.2) is 24.1 Å². The normalized spacial score (nSPS) is 13.4. The molecule has 0 aliphatic carbocycles. The molecule has 0 radical (unpaired) electrons. The molecule has 0 aliphatic rings. The number of hydrogen-bond donors (Lipinski definition) is 0. The minimum atomic E-state index is -3.71. The van der Waals surface area contributed by atoms with Gasteiger partial charge in [0.15, 0.2) is 0 Å². The topological polar surface area (TPSA) is 61.2 Å². The van der Waals surface area contributed by atoms with Gasteiger partial charge in [0.05, 0.1) is 23.9 Å². The maximum Gasteiger partial charge on any atom is 0.297 e. The van der Waals surface area contributed by atoms with Gasteiger partial charge in [-0.25, -0.2) is 4.98 Å². The van der Waals surface area contributed by atoms with Crippen LogP contribution in [0.2, 0.25) is 0 Å². The summed E-state index contributed by atoms with van der Waals surface area (Å²) in [6, 6.07) is 6.59. The highest BCUT2D eigenvalue weighted by molar-refractivity contribution is 7.86. The average Bonchev–Trinajstić information content (AvgIpc) is 2.81. The van der Waals surface area contributed by atoms with Gasteiger partial charge >= 0.3 is 0 Å². The summed E-state index contributed by atoms with van der Waals surface area (Å²) in [5, 5.41) is 0. The van der Waals surface area contributed by atoms with Crippen LogP contribution < -0.4 is 0 Å². The summed E-state index contributed by atoms with van der Waals surface area (Å²) in [6.07, 6.45) is 4.57. The Hall–Kier alpha value is -1.66. The van der Waals surface area contributed by atoms with E-state index in [-0.39, 0.29) is 4.90 Å². The van der Waals surface area contributed by atoms with E-state index < -0.39 is 16.2 Å². The maximum atomic E-state index is 12.0. The van der Waals surface area contributed by atoms with Crippen LogP contribution >= 0.6 is 0 Å². The summed E-state index contributed by atoms with van der Waals surface area (Å²) < 4.78 is 31.0. The van der Waals surface area contributed by atoms with E-state index in [4.69, 9.17) is 4.18 Å². The van der Waals surface area contributed by atoms with Gasteiger partial charge in [-0.15, -0.1) is 0 Å². The summed E-state index contributed by atoms with van der Waals surface area (Å²) in [4.78, 5) is 4.07. The van der Waals surface area contributed by atoms with Gasteiger partial charge in [0, 0.05) is 12.4 Å². The molecule has 19 heavy (non-hydrogen) atoms. The van der Waals surface area contributed by atoms with Crippen LogP contribution in [0.1, 0.15) is 12.5 Å². The number of imidazole rings is 1. The molecule has 1 unspecified atom stereocenters. The molecule has 0 aliphatic heterocycles. The Morgan fingerprint density at radius 3 is 2.58 bits per heavy atom. The molecule has 0 saturated carbocycles. The predicted octanol–water partition coefficient (Wildman–Crippen LogP) is 1.99. The van der Waals surface area contributed by atoms with Crippen LogP contribution in [0.4, 0.5) is 0 Å². The molecule has 5 nitrogen and oxygen atoms in total. The van der Waals surface area contributed by atoms with Crippen molar-refractivity contribution >= 4 is 10.1 Å². The summed E-state index contributed by atoms with van der Waals surface area (Å²) in [6.45, 7) is 4.05. The third-order valence-corrected chi connectivity index (χ3v) is 4.06. The van der Waals surface area contributed by atoms with Crippen LogP contribution in [-0.2, 0) is 20.8 Å². The Kier molecular flexibility index (Phi) is 4.01. The number of rotatable bonds is 5. The van der Waals surface area contributed by atoms with Gasteiger partial charge in [-0.3, -0.25) is 4.18 Å². The van der Waals surface area contributed by atoms with Gasteiger partial charge in [0.1, 0.15) is 0 Å². The molecule has 0 bridgehead atoms. The lowest BCUT2D eigenvalue weighted by molar-refractivity contribution is 0.207. The number of aromatic nitrogens is 2. The van der Waals surface area contributed by atoms with E-state index in [1.807, 2.05) is 6.92 Å². The van der Waals surface area contributed by atoms with Crippen LogP contribution in [0.5, 0.6) is 0 Å². The third kappa shape index (κ3) is 3.65. The Morgan fingerprint density at radius 1 is 1.32 bits per heavy atom. The molecule has 1 atom stereocenters. The van der Waals surface area contributed by atoms with Crippen molar-refractivity contribution in [2.24, 2.45) is 0 Å². The van der Waals surface area contributed by atoms with Gasteiger partial charge in [0.25, 0.3) is 10.1 Å². The van der Waals surface area contributed by atoms with Gasteiger partial charge in [-0.1, -0.05) is 17.7 Å². The molecule has 1 aromatic carbocycles. The first-order valence-electron chi connectivity index (χ1n) is 5.93. The van der Waals surface area contributed by atoms with E-state index in [2.05, 4.69) is 4.98 Å². The van der Waals surface area contributed by atoms with E-state index in [9.17, 15) is 8.42 Å². The zero-order valence-corrected chi connectivity index (χ0v) is 11.7. The molecule has 2 rings (SSSR count). The molecule has 102 valence electrons. The monoisotopic (exact) mass is 280 g/mol.